The van der Waals surface area contributed by atoms with Gasteiger partial charge in [0, 0.05) is 32.7 Å². The highest BCUT2D eigenvalue weighted by Crippen LogP contribution is 2.38. The van der Waals surface area contributed by atoms with Gasteiger partial charge in [0.2, 0.25) is 0 Å². The van der Waals surface area contributed by atoms with Crippen LogP contribution in [0.5, 0.6) is 11.5 Å². The molecule has 0 spiro atoms. The van der Waals surface area contributed by atoms with Crippen LogP contribution >= 0.6 is 0 Å². The molecule has 0 fully saturated rings. The molecule has 464 valence electrons. The zero-order chi connectivity index (χ0) is 105. The van der Waals surface area contributed by atoms with Crippen LogP contribution in [0.4, 0.5) is 0 Å². The zero-order valence-electron chi connectivity index (χ0n) is 96.2. The number of aromatic nitrogens is 4. The van der Waals surface area contributed by atoms with Gasteiger partial charge in [-0.2, -0.15) is 0 Å². The summed E-state index contributed by atoms with van der Waals surface area (Å²) >= 11 is 0. The van der Waals surface area contributed by atoms with Gasteiger partial charge in [-0.15, -0.1) is 0 Å². The Morgan fingerprint density at radius 2 is 0.837 bits per heavy atom. The maximum Gasteiger partial charge on any atom is 0.269 e. The number of para-hydroxylation sites is 4. The minimum Gasteiger partial charge on any atom is -0.458 e. The van der Waals surface area contributed by atoms with E-state index in [1.165, 1.54) is 59.2 Å². The largest absolute Gasteiger partial charge is 0.458 e. The van der Waals surface area contributed by atoms with E-state index in [9.17, 15) is 43.9 Å². The van der Waals surface area contributed by atoms with E-state index in [2.05, 4.69) is 11.3 Å². The molecule has 3 aromatic heterocycles. The third kappa shape index (κ3) is 10.3. The zero-order valence-corrected chi connectivity index (χ0v) is 52.2. The van der Waals surface area contributed by atoms with Gasteiger partial charge >= 0.3 is 0 Å². The highest BCUT2D eigenvalue weighted by Gasteiger charge is 2.43. The Hall–Kier alpha value is -12.3. The lowest BCUT2D eigenvalue weighted by molar-refractivity contribution is -0.571. The molecule has 7 heteroatoms. The van der Waals surface area contributed by atoms with E-state index in [4.69, 9.17) is 23.9 Å². The molecule has 0 N–H and O–H groups in total. The second kappa shape index (κ2) is 25.5. The van der Waals surface area contributed by atoms with E-state index in [-0.39, 0.29) is 39.6 Å². The summed E-state index contributed by atoms with van der Waals surface area (Å²) in [5, 5.41) is -8.98. The number of fused-ring (bicyclic) bond motifs is 4. The average molecular weight is 1330 g/mol. The van der Waals surface area contributed by atoms with Gasteiger partial charge in [-0.25, -0.2) is 4.98 Å². The summed E-state index contributed by atoms with van der Waals surface area (Å²) in [5.74, 6) is 0.0958. The summed E-state index contributed by atoms with van der Waals surface area (Å²) in [5.41, 5.74) is -4.59. The average Bonchev–Trinajstić information content (AvgIpc) is 0.863. The highest BCUT2D eigenvalue weighted by molar-refractivity contribution is 7.20. The Balaban J connectivity index is 1.02. The molecule has 17 aromatic rings. The van der Waals surface area contributed by atoms with Crippen LogP contribution in [0.3, 0.4) is 0 Å². The van der Waals surface area contributed by atoms with E-state index in [0.29, 0.717) is 21.8 Å². The van der Waals surface area contributed by atoms with Gasteiger partial charge in [0.05, 0.1) is 92.4 Å². The number of hydrogen-bond donors (Lipinski definition) is 0. The molecule has 0 aliphatic carbocycles. The second-order valence-corrected chi connectivity index (χ2v) is 28.7. The van der Waals surface area contributed by atoms with Crippen LogP contribution in [0.15, 0.2) is 381 Å². The topological polar surface area (TPSA) is 35.9 Å². The number of hydrogen-bond acceptors (Lipinski definition) is 2. The number of imidazole rings is 1. The fourth-order valence-electron chi connectivity index (χ4n) is 12.3. The molecule has 98 heavy (non-hydrogen) atoms. The Kier molecular flexibility index (Phi) is 7.33. The van der Waals surface area contributed by atoms with Crippen LogP contribution < -0.4 is 50.8 Å². The van der Waals surface area contributed by atoms with Crippen LogP contribution in [-0.2, 0) is 0 Å². The predicted molar refractivity (Wildman–Crippen MR) is 411 cm³/mol. The Morgan fingerprint density at radius 3 is 1.37 bits per heavy atom. The van der Waals surface area contributed by atoms with Gasteiger partial charge in [0.25, 0.3) is 6.33 Å². The molecular formula is C91H66N4OSi2. The van der Waals surface area contributed by atoms with Crippen LogP contribution in [0.1, 0.15) is 68.6 Å². The third-order valence-corrected chi connectivity index (χ3v) is 24.5. The smallest absolute Gasteiger partial charge is 0.269 e. The molecule has 14 aromatic carbocycles. The number of benzene rings is 14. The lowest BCUT2D eigenvalue weighted by atomic mass is 9.95. The number of pyridine rings is 1. The predicted octanol–water partition coefficient (Wildman–Crippen LogP) is 16.1. The van der Waals surface area contributed by atoms with Crippen molar-refractivity contribution in [2.75, 3.05) is 0 Å². The number of ether oxygens (including phenoxy) is 1. The van der Waals surface area contributed by atoms with Crippen molar-refractivity contribution in [1.82, 2.24) is 14.1 Å². The molecule has 0 saturated heterocycles. The van der Waals surface area contributed by atoms with Crippen molar-refractivity contribution in [2.45, 2.75) is 6.85 Å². The van der Waals surface area contributed by atoms with Crippen LogP contribution in [-0.4, -0.2) is 30.3 Å². The van der Waals surface area contributed by atoms with Gasteiger partial charge in [0.1, 0.15) is 17.3 Å². The molecule has 17 rings (SSSR count). The van der Waals surface area contributed by atoms with Crippen molar-refractivity contribution in [3.05, 3.63) is 393 Å². The van der Waals surface area contributed by atoms with E-state index in [1.54, 1.807) is 47.0 Å². The Labute approximate surface area is 638 Å². The highest BCUT2D eigenvalue weighted by atomic mass is 28.3. The maximum absolute atomic E-state index is 11.2. The first-order valence-electron chi connectivity index (χ1n) is 52.7. The van der Waals surface area contributed by atoms with Crippen molar-refractivity contribution >= 4 is 90.5 Å². The molecule has 0 amide bonds. The van der Waals surface area contributed by atoms with Gasteiger partial charge < -0.3 is 4.74 Å². The van der Waals surface area contributed by atoms with E-state index in [0.717, 1.165) is 29.0 Å². The van der Waals surface area contributed by atoms with E-state index < -0.39 is 363 Å². The molecule has 3 heterocycles. The number of rotatable bonds is 16. The monoisotopic (exact) mass is 1330 g/mol. The third-order valence-electron chi connectivity index (χ3n) is 16.5. The molecule has 0 saturated carbocycles. The fraction of sp³-hybridized carbons (Fsp3) is 0.0110. The number of nitrogens with zero attached hydrogens (tertiary/aromatic N) is 4. The van der Waals surface area contributed by atoms with Crippen LogP contribution in [0, 0.1) is 13.2 Å². The van der Waals surface area contributed by atoms with Crippen molar-refractivity contribution in [3.63, 3.8) is 0 Å². The molecule has 0 atom stereocenters. The first kappa shape index (κ1) is 28.2. The lowest BCUT2D eigenvalue weighted by Gasteiger charge is -2.35. The standard InChI is InChI=1S/C91H66N4OSi2/c1-66-59-90(92-64-85(66)67-31-9-2-10-32-67)95-86-54-24-23-51-83(86)84-58-57-72(63-89(84)95)96-71-36-29-35-70(62-71)93-65-94(88-56-26-25-55-87(88)93)91-81(68-33-27-49-79(60-68)97(73-37-11-3-12-38-73,74-39-13-4-14-40-74)75-41-15-5-16-42-75)52-30-53-82(91)69-34-28-50-80(61-69)98(76-43-17-6-18-44-76,77-45-19-7-20-46-77)78-47-21-8-22-48-78/h2-64H,1H3/i1D3,2D,3D,4D,5D,6D,7D,8D,9D,10D,11D,12D,13D,14D,15D,16D,17D,18D,19D,20D,21D,22D,27D,28D,31D,32D,33D,34D,37D,38D,39D,40D,41D,42D,43D,44D,45D,46D,47D,48D,49D,50D,60D,61D. The van der Waals surface area contributed by atoms with Gasteiger partial charge in [-0.05, 0) is 124 Å². The first-order valence-corrected chi connectivity index (χ1v) is 33.7. The second-order valence-electron chi connectivity index (χ2n) is 21.7. The summed E-state index contributed by atoms with van der Waals surface area (Å²) in [4.78, 5) is 4.68. The summed E-state index contributed by atoms with van der Waals surface area (Å²) in [6.45, 7) is -3.00. The van der Waals surface area contributed by atoms with Crippen LogP contribution in [0.2, 0.25) is 0 Å². The minimum absolute atomic E-state index is 0.00977. The van der Waals surface area contributed by atoms with Gasteiger partial charge in [-0.1, -0.05) is 327 Å². The van der Waals surface area contributed by atoms with Crippen molar-refractivity contribution in [3.8, 4) is 62.1 Å². The van der Waals surface area contributed by atoms with Crippen molar-refractivity contribution in [2.24, 2.45) is 0 Å². The SMILES string of the molecule is [2H]c1c([2H])c([2H])c(-c2cnc(-n3c4ccccc4c4ccc(Oc5cccc(-n6[c-][n+](-c7c(-c8c([2H])c([2H])c([2H])c([Si](c9c([2H])c([2H])c([2H])c([2H])c9[2H])(c9c([2H])c([2H])c([2H])c([2H])c9[2H])c9c([2H])c([2H])c([2H])c([2H])c9[2H])c8[2H])cccc7-c7c([2H])c([2H])c([2H])c([Si](c8c([2H])c([2H])c([2H])c([2H])c8[2H])(c8c([2H])c([2H])c([2H])c([2H])c8[2H])c8c([2H])c([2H])c([2H])c([2H])c8[2H])c7[2H])c7ccccc76)c5)cc43)cc2C([2H])([2H])[2H])c([2H])c1[2H]. The quantitative estimate of drug-likeness (QED) is 0.0418. The molecule has 0 unspecified atom stereocenters. The molecule has 0 bridgehead atoms. The summed E-state index contributed by atoms with van der Waals surface area (Å²) in [6, 6.07) is -25.8. The minimum atomic E-state index is -6.77. The molecule has 0 radical (unpaired) electrons. The maximum atomic E-state index is 11.2. The molecule has 5 nitrogen and oxygen atoms in total. The lowest BCUT2D eigenvalue weighted by Crippen LogP contribution is -2.74. The van der Waals surface area contributed by atoms with Gasteiger partial charge in [0.15, 0.2) is 16.1 Å². The Bertz CT molecular complexity index is 7770. The van der Waals surface area contributed by atoms with Crippen LogP contribution in [0.25, 0.3) is 83.4 Å². The van der Waals surface area contributed by atoms with Crippen molar-refractivity contribution < 1.29 is 72.4 Å². The molecule has 0 aliphatic heterocycles. The van der Waals surface area contributed by atoms with Crippen molar-refractivity contribution in [1.29, 1.82) is 0 Å². The van der Waals surface area contributed by atoms with E-state index >= 15 is 0 Å². The summed E-state index contributed by atoms with van der Waals surface area (Å²) in [7, 11) is -13.5. The fourth-order valence-corrected chi connectivity index (χ4v) is 19.4. The normalized spacial score (nSPS) is 18.4. The molecular weight excluding hydrogens is 1220 g/mol. The van der Waals surface area contributed by atoms with E-state index in [1.807, 2.05) is 0 Å². The summed E-state index contributed by atoms with van der Waals surface area (Å²) < 4.78 is 449. The summed E-state index contributed by atoms with van der Waals surface area (Å²) in [6.07, 6.45) is 4.34. The van der Waals surface area contributed by atoms with Gasteiger partial charge in [-0.3, -0.25) is 13.7 Å². The first-order chi connectivity index (χ1) is 67.6. The molecule has 0 aliphatic rings. The Morgan fingerprint density at radius 1 is 0.388 bits per heavy atom. The number of aryl methyl sites for hydroxylation is 1.